The molecular weight excluding hydrogens is 188 g/mol. The van der Waals surface area contributed by atoms with E-state index in [-0.39, 0.29) is 6.61 Å². The predicted molar refractivity (Wildman–Crippen MR) is 53.3 cm³/mol. The van der Waals surface area contributed by atoms with Gasteiger partial charge in [-0.3, -0.25) is 0 Å². The summed E-state index contributed by atoms with van der Waals surface area (Å²) in [6, 6.07) is 3.58. The van der Waals surface area contributed by atoms with E-state index in [2.05, 4.69) is 0 Å². The highest BCUT2D eigenvalue weighted by atomic mass is 35.5. The van der Waals surface area contributed by atoms with Gasteiger partial charge in [-0.05, 0) is 24.1 Å². The number of aliphatic hydroxyl groups excluding tert-OH is 1. The summed E-state index contributed by atoms with van der Waals surface area (Å²) in [5.41, 5.74) is 1.76. The lowest BCUT2D eigenvalue weighted by Gasteiger charge is -2.10. The number of hydrogen-bond donors (Lipinski definition) is 1. The van der Waals surface area contributed by atoms with Gasteiger partial charge in [-0.15, -0.1) is 0 Å². The summed E-state index contributed by atoms with van der Waals surface area (Å²) in [6.07, 6.45) is 0.827. The van der Waals surface area contributed by atoms with Crippen molar-refractivity contribution in [3.05, 3.63) is 28.3 Å². The molecule has 0 radical (unpaired) electrons. The number of methoxy groups -OCH3 is 1. The standard InChI is InChI=1S/C10H13ClO2/c1-3-8-9(11)4-7(6-12)5-10(8)13-2/h4-5,12H,3,6H2,1-2H3. The van der Waals surface area contributed by atoms with E-state index in [4.69, 9.17) is 21.4 Å². The third kappa shape index (κ3) is 2.14. The third-order valence-electron chi connectivity index (χ3n) is 1.97. The Morgan fingerprint density at radius 2 is 2.15 bits per heavy atom. The molecular formula is C10H13ClO2. The number of aliphatic hydroxyl groups is 1. The summed E-state index contributed by atoms with van der Waals surface area (Å²) < 4.78 is 5.16. The highest BCUT2D eigenvalue weighted by molar-refractivity contribution is 6.31. The van der Waals surface area contributed by atoms with E-state index in [0.29, 0.717) is 5.02 Å². The first-order valence-corrected chi connectivity index (χ1v) is 4.56. The van der Waals surface area contributed by atoms with Crippen LogP contribution < -0.4 is 4.74 Å². The molecule has 3 heteroatoms. The van der Waals surface area contributed by atoms with Gasteiger partial charge in [0, 0.05) is 10.6 Å². The summed E-state index contributed by atoms with van der Waals surface area (Å²) in [7, 11) is 1.60. The number of benzene rings is 1. The van der Waals surface area contributed by atoms with Crippen molar-refractivity contribution in [1.29, 1.82) is 0 Å². The maximum Gasteiger partial charge on any atom is 0.123 e. The fourth-order valence-electron chi connectivity index (χ4n) is 1.28. The Hall–Kier alpha value is -0.730. The Morgan fingerprint density at radius 1 is 1.46 bits per heavy atom. The van der Waals surface area contributed by atoms with Crippen LogP contribution in [0, 0.1) is 0 Å². The van der Waals surface area contributed by atoms with Gasteiger partial charge in [0.25, 0.3) is 0 Å². The number of halogens is 1. The highest BCUT2D eigenvalue weighted by Crippen LogP contribution is 2.28. The smallest absolute Gasteiger partial charge is 0.123 e. The lowest BCUT2D eigenvalue weighted by molar-refractivity contribution is 0.281. The van der Waals surface area contributed by atoms with E-state index in [1.54, 1.807) is 13.2 Å². The van der Waals surface area contributed by atoms with Crippen molar-refractivity contribution in [2.24, 2.45) is 0 Å². The molecule has 0 unspecified atom stereocenters. The van der Waals surface area contributed by atoms with E-state index in [0.717, 1.165) is 23.3 Å². The Labute approximate surface area is 83.1 Å². The summed E-state index contributed by atoms with van der Waals surface area (Å²) in [5.74, 6) is 0.749. The maximum absolute atomic E-state index is 8.93. The molecule has 0 bridgehead atoms. The second-order valence-corrected chi connectivity index (χ2v) is 3.18. The molecule has 0 aliphatic carbocycles. The maximum atomic E-state index is 8.93. The van der Waals surface area contributed by atoms with Crippen molar-refractivity contribution in [2.45, 2.75) is 20.0 Å². The summed E-state index contributed by atoms with van der Waals surface area (Å²) in [5, 5.41) is 9.59. The second-order valence-electron chi connectivity index (χ2n) is 2.77. The van der Waals surface area contributed by atoms with Crippen LogP contribution in [-0.2, 0) is 13.0 Å². The minimum Gasteiger partial charge on any atom is -0.496 e. The predicted octanol–water partition coefficient (Wildman–Crippen LogP) is 2.40. The minimum atomic E-state index is -0.0138. The van der Waals surface area contributed by atoms with Crippen LogP contribution in [0.3, 0.4) is 0 Å². The van der Waals surface area contributed by atoms with Crippen LogP contribution in [-0.4, -0.2) is 12.2 Å². The largest absolute Gasteiger partial charge is 0.496 e. The quantitative estimate of drug-likeness (QED) is 0.812. The molecule has 0 aliphatic heterocycles. The van der Waals surface area contributed by atoms with Gasteiger partial charge >= 0.3 is 0 Å². The fraction of sp³-hybridized carbons (Fsp3) is 0.400. The molecule has 0 heterocycles. The lowest BCUT2D eigenvalue weighted by atomic mass is 10.1. The molecule has 1 rings (SSSR count). The number of rotatable bonds is 3. The Bertz CT molecular complexity index is 297. The molecule has 0 amide bonds. The van der Waals surface area contributed by atoms with Crippen molar-refractivity contribution in [2.75, 3.05) is 7.11 Å². The van der Waals surface area contributed by atoms with Gasteiger partial charge in [0.15, 0.2) is 0 Å². The van der Waals surface area contributed by atoms with Crippen LogP contribution in [0.4, 0.5) is 0 Å². The molecule has 0 fully saturated rings. The zero-order valence-electron chi connectivity index (χ0n) is 7.80. The number of hydrogen-bond acceptors (Lipinski definition) is 2. The molecule has 1 aromatic carbocycles. The van der Waals surface area contributed by atoms with E-state index in [1.165, 1.54) is 0 Å². The van der Waals surface area contributed by atoms with Crippen LogP contribution in [0.25, 0.3) is 0 Å². The van der Waals surface area contributed by atoms with Gasteiger partial charge in [0.05, 0.1) is 13.7 Å². The van der Waals surface area contributed by atoms with Gasteiger partial charge in [0.1, 0.15) is 5.75 Å². The second kappa shape index (κ2) is 4.49. The molecule has 0 spiro atoms. The average Bonchev–Trinajstić information content (AvgIpc) is 2.16. The first-order valence-electron chi connectivity index (χ1n) is 4.19. The van der Waals surface area contributed by atoms with Crippen molar-refractivity contribution < 1.29 is 9.84 Å². The lowest BCUT2D eigenvalue weighted by Crippen LogP contribution is -1.94. The summed E-state index contributed by atoms with van der Waals surface area (Å²) in [4.78, 5) is 0. The summed E-state index contributed by atoms with van der Waals surface area (Å²) in [6.45, 7) is 2.00. The van der Waals surface area contributed by atoms with E-state index < -0.39 is 0 Å². The number of ether oxygens (including phenoxy) is 1. The molecule has 0 aromatic heterocycles. The summed E-state index contributed by atoms with van der Waals surface area (Å²) >= 11 is 6.00. The zero-order chi connectivity index (χ0) is 9.84. The SMILES string of the molecule is CCc1c(Cl)cc(CO)cc1OC. The molecule has 0 aliphatic rings. The van der Waals surface area contributed by atoms with E-state index in [1.807, 2.05) is 13.0 Å². The molecule has 72 valence electrons. The van der Waals surface area contributed by atoms with Gasteiger partial charge in [-0.25, -0.2) is 0 Å². The van der Waals surface area contributed by atoms with Gasteiger partial charge in [-0.2, -0.15) is 0 Å². The monoisotopic (exact) mass is 200 g/mol. The Morgan fingerprint density at radius 3 is 2.62 bits per heavy atom. The van der Waals surface area contributed by atoms with Crippen molar-refractivity contribution in [3.63, 3.8) is 0 Å². The zero-order valence-corrected chi connectivity index (χ0v) is 8.56. The molecule has 0 saturated heterocycles. The first-order chi connectivity index (χ1) is 6.22. The molecule has 1 N–H and O–H groups in total. The normalized spacial score (nSPS) is 10.2. The Balaban J connectivity index is 3.20. The van der Waals surface area contributed by atoms with Crippen LogP contribution in [0.1, 0.15) is 18.1 Å². The molecule has 2 nitrogen and oxygen atoms in total. The van der Waals surface area contributed by atoms with Crippen molar-refractivity contribution in [1.82, 2.24) is 0 Å². The van der Waals surface area contributed by atoms with Crippen LogP contribution >= 0.6 is 11.6 Å². The average molecular weight is 201 g/mol. The van der Waals surface area contributed by atoms with Gasteiger partial charge < -0.3 is 9.84 Å². The molecule has 0 atom stereocenters. The molecule has 1 aromatic rings. The molecule has 13 heavy (non-hydrogen) atoms. The van der Waals surface area contributed by atoms with Crippen molar-refractivity contribution >= 4 is 11.6 Å². The van der Waals surface area contributed by atoms with E-state index in [9.17, 15) is 0 Å². The minimum absolute atomic E-state index is 0.0138. The van der Waals surface area contributed by atoms with Gasteiger partial charge in [0.2, 0.25) is 0 Å². The molecule has 0 saturated carbocycles. The fourth-order valence-corrected chi connectivity index (χ4v) is 1.65. The topological polar surface area (TPSA) is 29.5 Å². The van der Waals surface area contributed by atoms with E-state index >= 15 is 0 Å². The third-order valence-corrected chi connectivity index (χ3v) is 2.31. The van der Waals surface area contributed by atoms with Crippen LogP contribution in [0.2, 0.25) is 5.02 Å². The first kappa shape index (κ1) is 10.4. The van der Waals surface area contributed by atoms with Crippen LogP contribution in [0.15, 0.2) is 12.1 Å². The Kier molecular flexibility index (Phi) is 3.58. The van der Waals surface area contributed by atoms with Gasteiger partial charge in [-0.1, -0.05) is 18.5 Å². The van der Waals surface area contributed by atoms with Crippen LogP contribution in [0.5, 0.6) is 5.75 Å². The highest BCUT2D eigenvalue weighted by Gasteiger charge is 2.07. The van der Waals surface area contributed by atoms with Crippen molar-refractivity contribution in [3.8, 4) is 5.75 Å².